The number of fused-ring (bicyclic) bond motifs is 1. The number of aromatic nitrogens is 3. The van der Waals surface area contributed by atoms with Crippen LogP contribution in [-0.4, -0.2) is 61.2 Å². The number of halogens is 1. The van der Waals surface area contributed by atoms with Crippen molar-refractivity contribution in [3.05, 3.63) is 41.8 Å². The molecule has 5 rings (SSSR count). The lowest BCUT2D eigenvalue weighted by Gasteiger charge is -2.18. The number of benzene rings is 1. The molecule has 0 bridgehead atoms. The quantitative estimate of drug-likeness (QED) is 0.595. The first-order chi connectivity index (χ1) is 15.0. The van der Waals surface area contributed by atoms with Crippen LogP contribution >= 0.6 is 11.6 Å². The van der Waals surface area contributed by atoms with Gasteiger partial charge in [0.05, 0.1) is 44.6 Å². The fraction of sp³-hybridized carbons (Fsp3) is 0.350. The van der Waals surface area contributed by atoms with Crippen LogP contribution < -0.4 is 10.1 Å². The first-order valence-electron chi connectivity index (χ1n) is 9.82. The van der Waals surface area contributed by atoms with Crippen molar-refractivity contribution in [3.63, 3.8) is 0 Å². The second-order valence-electron chi connectivity index (χ2n) is 7.41. The molecule has 2 aliphatic rings. The third-order valence-corrected chi connectivity index (χ3v) is 7.85. The Morgan fingerprint density at radius 1 is 1.26 bits per heavy atom. The fourth-order valence-electron chi connectivity index (χ4n) is 3.44. The van der Waals surface area contributed by atoms with E-state index in [-0.39, 0.29) is 13.2 Å². The zero-order valence-corrected chi connectivity index (χ0v) is 18.0. The molecule has 2 fully saturated rings. The van der Waals surface area contributed by atoms with E-state index in [2.05, 4.69) is 24.6 Å². The second kappa shape index (κ2) is 8.19. The summed E-state index contributed by atoms with van der Waals surface area (Å²) in [5.41, 5.74) is 1.69. The van der Waals surface area contributed by atoms with Crippen LogP contribution in [0.4, 0.5) is 17.2 Å². The number of hydrogen-bond acceptors (Lipinski definition) is 9. The highest BCUT2D eigenvalue weighted by Gasteiger charge is 2.29. The van der Waals surface area contributed by atoms with Gasteiger partial charge in [0.2, 0.25) is 5.88 Å². The number of ether oxygens (including phenoxy) is 2. The van der Waals surface area contributed by atoms with Gasteiger partial charge in [0.1, 0.15) is 23.9 Å². The highest BCUT2D eigenvalue weighted by atomic mass is 35.5. The molecule has 3 aromatic rings. The Kier molecular flexibility index (Phi) is 5.39. The summed E-state index contributed by atoms with van der Waals surface area (Å²) in [6.07, 6.45) is 2.73. The molecule has 0 aliphatic carbocycles. The molecule has 162 valence electrons. The van der Waals surface area contributed by atoms with Crippen LogP contribution in [-0.2, 0) is 14.5 Å². The molecular weight excluding hydrogens is 442 g/mol. The van der Waals surface area contributed by atoms with E-state index in [0.717, 1.165) is 6.42 Å². The molecule has 2 aliphatic heterocycles. The summed E-state index contributed by atoms with van der Waals surface area (Å²) in [6.45, 7) is 0.515. The summed E-state index contributed by atoms with van der Waals surface area (Å²) in [7, 11) is -2.16. The number of pyridine rings is 1. The maximum absolute atomic E-state index is 12.5. The summed E-state index contributed by atoms with van der Waals surface area (Å²) in [5.74, 6) is 2.01. The second-order valence-corrected chi connectivity index (χ2v) is 10.4. The van der Waals surface area contributed by atoms with Gasteiger partial charge in [0.25, 0.3) is 0 Å². The Labute approximate surface area is 184 Å². The molecule has 0 amide bonds. The molecule has 0 unspecified atom stereocenters. The fourth-order valence-corrected chi connectivity index (χ4v) is 5.19. The van der Waals surface area contributed by atoms with E-state index in [4.69, 9.17) is 21.1 Å². The molecule has 0 spiro atoms. The molecule has 1 aromatic carbocycles. The first kappa shape index (κ1) is 20.4. The van der Waals surface area contributed by atoms with E-state index < -0.39 is 21.9 Å². The molecule has 31 heavy (non-hydrogen) atoms. The average Bonchev–Trinajstić information content (AvgIpc) is 3.12. The predicted molar refractivity (Wildman–Crippen MR) is 118 cm³/mol. The van der Waals surface area contributed by atoms with Gasteiger partial charge >= 0.3 is 0 Å². The number of rotatable bonds is 5. The van der Waals surface area contributed by atoms with Gasteiger partial charge in [-0.25, -0.2) is 19.2 Å². The zero-order valence-electron chi connectivity index (χ0n) is 16.4. The van der Waals surface area contributed by atoms with E-state index in [1.165, 1.54) is 6.33 Å². The normalized spacial score (nSPS) is 22.1. The van der Waals surface area contributed by atoms with Crippen molar-refractivity contribution in [1.82, 2.24) is 15.0 Å². The number of nitrogens with one attached hydrogen (secondary N) is 1. The third kappa shape index (κ3) is 4.16. The highest BCUT2D eigenvalue weighted by Crippen LogP contribution is 2.36. The number of hydrogen-bond donors (Lipinski definition) is 2. The van der Waals surface area contributed by atoms with E-state index in [1.54, 1.807) is 30.5 Å². The van der Waals surface area contributed by atoms with E-state index in [9.17, 15) is 9.32 Å². The predicted octanol–water partition coefficient (Wildman–Crippen LogP) is 3.06. The van der Waals surface area contributed by atoms with Gasteiger partial charge in [-0.3, -0.25) is 0 Å². The van der Waals surface area contributed by atoms with Crippen LogP contribution in [0, 0.1) is 0 Å². The maximum atomic E-state index is 12.5. The summed E-state index contributed by atoms with van der Waals surface area (Å²) in [5, 5.41) is 14.2. The highest BCUT2D eigenvalue weighted by molar-refractivity contribution is 7.95. The van der Waals surface area contributed by atoms with Gasteiger partial charge in [-0.15, -0.1) is 0 Å². The molecule has 2 saturated heterocycles. The topological polar surface area (TPSA) is 119 Å². The molecule has 11 heteroatoms. The van der Waals surface area contributed by atoms with Crippen LogP contribution in [0.5, 0.6) is 5.88 Å². The van der Waals surface area contributed by atoms with Crippen LogP contribution in [0.25, 0.3) is 10.9 Å². The monoisotopic (exact) mass is 461 g/mol. The van der Waals surface area contributed by atoms with Crippen molar-refractivity contribution < 1.29 is 18.8 Å². The number of nitrogens with zero attached hydrogens (tertiary/aromatic N) is 4. The zero-order chi connectivity index (χ0) is 21.4. The summed E-state index contributed by atoms with van der Waals surface area (Å²) in [4.78, 5) is 12.9. The molecular formula is C20H20ClN5O4S. The summed E-state index contributed by atoms with van der Waals surface area (Å²) in [6, 6.07) is 6.98. The Morgan fingerprint density at radius 2 is 2.13 bits per heavy atom. The van der Waals surface area contributed by atoms with Gasteiger partial charge in [0.15, 0.2) is 6.10 Å². The number of aliphatic hydroxyl groups is 1. The number of aliphatic hydroxyl groups excluding tert-OH is 1. The average molecular weight is 462 g/mol. The van der Waals surface area contributed by atoms with Crippen molar-refractivity contribution in [3.8, 4) is 5.88 Å². The molecule has 2 N–H and O–H groups in total. The lowest BCUT2D eigenvalue weighted by atomic mass is 10.2. The summed E-state index contributed by atoms with van der Waals surface area (Å²) >= 11 is 6.55. The molecule has 9 nitrogen and oxygen atoms in total. The Hall–Kier alpha value is -2.53. The minimum Gasteiger partial charge on any atom is -0.468 e. The summed E-state index contributed by atoms with van der Waals surface area (Å²) < 4.78 is 28.0. The Balaban J connectivity index is 1.49. The molecule has 2 atom stereocenters. The Bertz CT molecular complexity index is 1250. The van der Waals surface area contributed by atoms with E-state index in [1.807, 2.05) is 0 Å². The van der Waals surface area contributed by atoms with Crippen LogP contribution in [0.1, 0.15) is 6.42 Å². The third-order valence-electron chi connectivity index (χ3n) is 5.16. The van der Waals surface area contributed by atoms with Crippen LogP contribution in [0.2, 0.25) is 5.02 Å². The standard InChI is InChI=1S/C20H20ClN5O4S/c21-13-7-12(26-31(28)5-2-6-31)8-15-18(13)19(24-11-23-15)25-14-3-1-4-22-20(14)30-17-10-29-9-16(17)27/h1,3-4,7-8,11,16-17,27H,2,5-6,9-10H2,(H,23,24,25)/t16-,17-/m0/s1. The van der Waals surface area contributed by atoms with Crippen molar-refractivity contribution in [2.75, 3.05) is 30.0 Å². The van der Waals surface area contributed by atoms with E-state index >= 15 is 0 Å². The van der Waals surface area contributed by atoms with Gasteiger partial charge in [-0.2, -0.15) is 4.36 Å². The first-order valence-corrected chi connectivity index (χ1v) is 12.1. The SMILES string of the molecule is O=S1(=Nc2cc(Cl)c3c(Nc4cccnc4O[C@H]4COC[C@@H]4O)ncnc3c2)CCC1. The van der Waals surface area contributed by atoms with Gasteiger partial charge in [0, 0.05) is 17.7 Å². The molecule has 2 aromatic heterocycles. The van der Waals surface area contributed by atoms with Gasteiger partial charge in [-0.1, -0.05) is 11.6 Å². The lowest BCUT2D eigenvalue weighted by molar-refractivity contribution is 0.0709. The maximum Gasteiger partial charge on any atom is 0.238 e. The van der Waals surface area contributed by atoms with Crippen LogP contribution in [0.3, 0.4) is 0 Å². The minimum absolute atomic E-state index is 0.228. The van der Waals surface area contributed by atoms with Gasteiger partial charge in [-0.05, 0) is 30.7 Å². The molecule has 4 heterocycles. The smallest absolute Gasteiger partial charge is 0.238 e. The van der Waals surface area contributed by atoms with Gasteiger partial charge < -0.3 is 19.9 Å². The van der Waals surface area contributed by atoms with Crippen molar-refractivity contribution in [2.24, 2.45) is 4.36 Å². The lowest BCUT2D eigenvalue weighted by Crippen LogP contribution is -2.30. The largest absolute Gasteiger partial charge is 0.468 e. The minimum atomic E-state index is -2.16. The van der Waals surface area contributed by atoms with Crippen molar-refractivity contribution >= 4 is 49.4 Å². The molecule has 0 radical (unpaired) electrons. The van der Waals surface area contributed by atoms with Crippen molar-refractivity contribution in [2.45, 2.75) is 18.6 Å². The van der Waals surface area contributed by atoms with Crippen LogP contribution in [0.15, 0.2) is 41.2 Å². The molecule has 0 saturated carbocycles. The Morgan fingerprint density at radius 3 is 2.87 bits per heavy atom. The van der Waals surface area contributed by atoms with Crippen molar-refractivity contribution in [1.29, 1.82) is 0 Å². The van der Waals surface area contributed by atoms with E-state index in [0.29, 0.717) is 50.5 Å². The number of anilines is 2.